The van der Waals surface area contributed by atoms with Crippen molar-refractivity contribution in [1.82, 2.24) is 4.90 Å². The summed E-state index contributed by atoms with van der Waals surface area (Å²) in [5, 5.41) is 1.98. The number of rotatable bonds is 5. The lowest BCUT2D eigenvalue weighted by Crippen LogP contribution is -2.30. The van der Waals surface area contributed by atoms with Gasteiger partial charge in [-0.2, -0.15) is 0 Å². The summed E-state index contributed by atoms with van der Waals surface area (Å²) < 4.78 is 23.4. The second-order valence-corrected chi connectivity index (χ2v) is 8.20. The molecule has 0 spiro atoms. The first-order chi connectivity index (χ1) is 10.3. The van der Waals surface area contributed by atoms with Crippen molar-refractivity contribution in [2.24, 2.45) is 0 Å². The molecule has 1 heterocycles. The predicted molar refractivity (Wildman–Crippen MR) is 89.0 cm³/mol. The number of carbonyl (C=O) groups is 1. The van der Waals surface area contributed by atoms with Crippen LogP contribution in [0.1, 0.15) is 27.7 Å². The van der Waals surface area contributed by atoms with E-state index in [1.165, 1.54) is 12.1 Å². The summed E-state index contributed by atoms with van der Waals surface area (Å²) in [6.07, 6.45) is 1.15. The summed E-state index contributed by atoms with van der Waals surface area (Å²) in [5.41, 5.74) is 1.23. The summed E-state index contributed by atoms with van der Waals surface area (Å²) >= 11 is 1.60. The van der Waals surface area contributed by atoms with E-state index < -0.39 is 9.84 Å². The molecule has 0 saturated heterocycles. The Bertz CT molecular complexity index is 765. The normalized spacial score (nSPS) is 11.4. The summed E-state index contributed by atoms with van der Waals surface area (Å²) in [6, 6.07) is 8.64. The molecule has 0 aliphatic rings. The van der Waals surface area contributed by atoms with E-state index in [1.807, 2.05) is 31.4 Å². The smallest absolute Gasteiger partial charge is 0.254 e. The van der Waals surface area contributed by atoms with Gasteiger partial charge in [-0.15, -0.1) is 11.3 Å². The molecule has 118 valence electrons. The van der Waals surface area contributed by atoms with Crippen molar-refractivity contribution < 1.29 is 13.2 Å². The van der Waals surface area contributed by atoms with Gasteiger partial charge in [0, 0.05) is 23.2 Å². The Kier molecular flexibility index (Phi) is 5.03. The molecular formula is C16H19NO3S2. The van der Waals surface area contributed by atoms with Crippen LogP contribution in [-0.2, 0) is 16.4 Å². The molecule has 0 atom stereocenters. The molecule has 0 saturated carbocycles. The average Bonchev–Trinajstić information content (AvgIpc) is 2.96. The van der Waals surface area contributed by atoms with Crippen LogP contribution in [0.4, 0.5) is 0 Å². The number of thiophene rings is 1. The fraction of sp³-hybridized carbons (Fsp3) is 0.312. The topological polar surface area (TPSA) is 54.5 Å². The van der Waals surface area contributed by atoms with E-state index >= 15 is 0 Å². The van der Waals surface area contributed by atoms with Crippen molar-refractivity contribution >= 4 is 27.1 Å². The Morgan fingerprint density at radius 3 is 2.55 bits per heavy atom. The third-order valence-corrected chi connectivity index (χ3v) is 5.43. The number of aryl methyl sites for hydroxylation is 1. The second-order valence-electron chi connectivity index (χ2n) is 5.15. The van der Waals surface area contributed by atoms with Crippen LogP contribution in [0.3, 0.4) is 0 Å². The Morgan fingerprint density at radius 2 is 2.00 bits per heavy atom. The van der Waals surface area contributed by atoms with Gasteiger partial charge in [0.25, 0.3) is 5.91 Å². The Balaban J connectivity index is 2.34. The molecule has 22 heavy (non-hydrogen) atoms. The van der Waals surface area contributed by atoms with Crippen LogP contribution in [0.2, 0.25) is 0 Å². The molecule has 0 aliphatic carbocycles. The van der Waals surface area contributed by atoms with Crippen LogP contribution in [0.15, 0.2) is 40.6 Å². The van der Waals surface area contributed by atoms with Gasteiger partial charge >= 0.3 is 0 Å². The van der Waals surface area contributed by atoms with Gasteiger partial charge in [0.05, 0.1) is 11.4 Å². The summed E-state index contributed by atoms with van der Waals surface area (Å²) in [4.78, 5) is 15.7. The fourth-order valence-corrected chi connectivity index (χ4v) is 3.52. The van der Waals surface area contributed by atoms with Gasteiger partial charge in [0.2, 0.25) is 0 Å². The molecule has 6 heteroatoms. The molecule has 2 rings (SSSR count). The van der Waals surface area contributed by atoms with Crippen LogP contribution in [0.25, 0.3) is 0 Å². The maximum atomic E-state index is 12.7. The monoisotopic (exact) mass is 337 g/mol. The molecule has 0 radical (unpaired) electrons. The molecule has 1 aromatic carbocycles. The number of amides is 1. The standard InChI is InChI=1S/C16H19NO3S2/c1-4-17(11-13-6-5-9-21-13)16(18)15-10-14(22(3,19)20)8-7-12(15)2/h5-10H,4,11H2,1-3H3. The molecule has 4 nitrogen and oxygen atoms in total. The quantitative estimate of drug-likeness (QED) is 0.842. The number of carbonyl (C=O) groups excluding carboxylic acids is 1. The average molecular weight is 337 g/mol. The minimum atomic E-state index is -3.33. The Labute approximate surface area is 135 Å². The van der Waals surface area contributed by atoms with Gasteiger partial charge in [0.1, 0.15) is 0 Å². The van der Waals surface area contributed by atoms with E-state index in [2.05, 4.69) is 0 Å². The molecule has 2 aromatic rings. The highest BCUT2D eigenvalue weighted by Gasteiger charge is 2.19. The van der Waals surface area contributed by atoms with Crippen molar-refractivity contribution in [3.8, 4) is 0 Å². The number of benzene rings is 1. The van der Waals surface area contributed by atoms with E-state index in [-0.39, 0.29) is 10.8 Å². The maximum absolute atomic E-state index is 12.7. The lowest BCUT2D eigenvalue weighted by molar-refractivity contribution is 0.0753. The van der Waals surface area contributed by atoms with Crippen LogP contribution < -0.4 is 0 Å². The highest BCUT2D eigenvalue weighted by Crippen LogP contribution is 2.19. The van der Waals surface area contributed by atoms with Crippen molar-refractivity contribution in [2.75, 3.05) is 12.8 Å². The molecule has 0 bridgehead atoms. The maximum Gasteiger partial charge on any atom is 0.254 e. The van der Waals surface area contributed by atoms with Crippen LogP contribution >= 0.6 is 11.3 Å². The SMILES string of the molecule is CCN(Cc1cccs1)C(=O)c1cc(S(C)(=O)=O)ccc1C. The largest absolute Gasteiger partial charge is 0.334 e. The van der Waals surface area contributed by atoms with Crippen molar-refractivity contribution in [3.63, 3.8) is 0 Å². The Hall–Kier alpha value is -1.66. The third-order valence-electron chi connectivity index (χ3n) is 3.46. The van der Waals surface area contributed by atoms with E-state index in [4.69, 9.17) is 0 Å². The number of hydrogen-bond donors (Lipinski definition) is 0. The van der Waals surface area contributed by atoms with Gasteiger partial charge in [0.15, 0.2) is 9.84 Å². The molecule has 0 unspecified atom stereocenters. The van der Waals surface area contributed by atoms with Crippen LogP contribution in [0, 0.1) is 6.92 Å². The van der Waals surface area contributed by atoms with Gasteiger partial charge in [-0.3, -0.25) is 4.79 Å². The molecule has 0 N–H and O–H groups in total. The minimum absolute atomic E-state index is 0.140. The first-order valence-corrected chi connectivity index (χ1v) is 9.72. The zero-order valence-electron chi connectivity index (χ0n) is 12.9. The summed E-state index contributed by atoms with van der Waals surface area (Å²) in [7, 11) is -3.33. The molecule has 0 fully saturated rings. The molecule has 1 amide bonds. The number of hydrogen-bond acceptors (Lipinski definition) is 4. The first kappa shape index (κ1) is 16.7. The van der Waals surface area contributed by atoms with Gasteiger partial charge < -0.3 is 4.90 Å². The van der Waals surface area contributed by atoms with Gasteiger partial charge in [-0.1, -0.05) is 12.1 Å². The predicted octanol–water partition coefficient (Wildman–Crippen LogP) is 3.12. The molecular weight excluding hydrogens is 318 g/mol. The second kappa shape index (κ2) is 6.62. The highest BCUT2D eigenvalue weighted by atomic mass is 32.2. The zero-order valence-corrected chi connectivity index (χ0v) is 14.5. The van der Waals surface area contributed by atoms with Gasteiger partial charge in [-0.05, 0) is 43.0 Å². The zero-order chi connectivity index (χ0) is 16.3. The van der Waals surface area contributed by atoms with Crippen molar-refractivity contribution in [1.29, 1.82) is 0 Å². The highest BCUT2D eigenvalue weighted by molar-refractivity contribution is 7.90. The lowest BCUT2D eigenvalue weighted by atomic mass is 10.1. The minimum Gasteiger partial charge on any atom is -0.334 e. The summed E-state index contributed by atoms with van der Waals surface area (Å²) in [6.45, 7) is 4.84. The third kappa shape index (κ3) is 3.75. The first-order valence-electron chi connectivity index (χ1n) is 6.95. The van der Waals surface area contributed by atoms with Crippen molar-refractivity contribution in [3.05, 3.63) is 51.7 Å². The number of sulfone groups is 1. The van der Waals surface area contributed by atoms with Crippen LogP contribution in [0.5, 0.6) is 0 Å². The fourth-order valence-electron chi connectivity index (χ4n) is 2.15. The van der Waals surface area contributed by atoms with E-state index in [0.717, 1.165) is 16.7 Å². The number of nitrogens with zero attached hydrogens (tertiary/aromatic N) is 1. The van der Waals surface area contributed by atoms with Crippen molar-refractivity contribution in [2.45, 2.75) is 25.3 Å². The van der Waals surface area contributed by atoms with E-state index in [9.17, 15) is 13.2 Å². The van der Waals surface area contributed by atoms with Crippen LogP contribution in [-0.4, -0.2) is 32.0 Å². The molecule has 1 aromatic heterocycles. The summed E-state index contributed by atoms with van der Waals surface area (Å²) in [5.74, 6) is -0.140. The molecule has 0 aliphatic heterocycles. The lowest BCUT2D eigenvalue weighted by Gasteiger charge is -2.21. The Morgan fingerprint density at radius 1 is 1.27 bits per heavy atom. The van der Waals surface area contributed by atoms with E-state index in [0.29, 0.717) is 18.7 Å². The van der Waals surface area contributed by atoms with E-state index in [1.54, 1.807) is 22.3 Å². The van der Waals surface area contributed by atoms with Gasteiger partial charge in [-0.25, -0.2) is 8.42 Å².